The summed E-state index contributed by atoms with van der Waals surface area (Å²) in [4.78, 5) is 13.5. The summed E-state index contributed by atoms with van der Waals surface area (Å²) in [5.41, 5.74) is 1.16. The van der Waals surface area contributed by atoms with Crippen molar-refractivity contribution < 1.29 is 22.7 Å². The Hall–Kier alpha value is -2.58. The van der Waals surface area contributed by atoms with Gasteiger partial charge in [0.15, 0.2) is 0 Å². The highest BCUT2D eigenvalue weighted by atomic mass is 32.2. The van der Waals surface area contributed by atoms with Gasteiger partial charge in [-0.25, -0.2) is 8.42 Å². The molecule has 7 nitrogen and oxygen atoms in total. The number of amides is 1. The van der Waals surface area contributed by atoms with E-state index >= 15 is 0 Å². The third kappa shape index (κ3) is 6.30. The molecule has 34 heavy (non-hydrogen) atoms. The van der Waals surface area contributed by atoms with Crippen molar-refractivity contribution in [2.24, 2.45) is 5.92 Å². The normalized spacial score (nSPS) is 16.0. The summed E-state index contributed by atoms with van der Waals surface area (Å²) in [5, 5.41) is 3.09. The minimum atomic E-state index is -3.69. The molecule has 1 N–H and O–H groups in total. The Bertz CT molecular complexity index is 1060. The molecule has 8 heteroatoms. The fraction of sp³-hybridized carbons (Fsp3) is 0.500. The zero-order valence-corrected chi connectivity index (χ0v) is 21.4. The molecule has 2 aromatic carbocycles. The quantitative estimate of drug-likeness (QED) is 0.549. The molecule has 2 aromatic rings. The van der Waals surface area contributed by atoms with Gasteiger partial charge < -0.3 is 14.8 Å². The zero-order valence-electron chi connectivity index (χ0n) is 20.5. The second-order valence-electron chi connectivity index (χ2n) is 9.11. The predicted octanol–water partition coefficient (Wildman–Crippen LogP) is 4.79. The Morgan fingerprint density at radius 1 is 0.971 bits per heavy atom. The van der Waals surface area contributed by atoms with E-state index in [0.29, 0.717) is 24.8 Å². The molecule has 0 aliphatic carbocycles. The Morgan fingerprint density at radius 3 is 2.18 bits per heavy atom. The molecule has 1 aliphatic heterocycles. The van der Waals surface area contributed by atoms with Crippen LogP contribution in [0.3, 0.4) is 0 Å². The van der Waals surface area contributed by atoms with Gasteiger partial charge in [-0.05, 0) is 61.1 Å². The third-order valence-corrected chi connectivity index (χ3v) is 8.04. The van der Waals surface area contributed by atoms with Gasteiger partial charge in [0.2, 0.25) is 10.0 Å². The molecule has 1 atom stereocenters. The predicted molar refractivity (Wildman–Crippen MR) is 133 cm³/mol. The van der Waals surface area contributed by atoms with Crippen molar-refractivity contribution in [3.05, 3.63) is 53.6 Å². The van der Waals surface area contributed by atoms with Gasteiger partial charge in [-0.15, -0.1) is 0 Å². The molecule has 1 amide bonds. The minimum Gasteiger partial charge on any atom is -0.497 e. The van der Waals surface area contributed by atoms with Crippen LogP contribution in [0.15, 0.2) is 47.4 Å². The van der Waals surface area contributed by atoms with Crippen LogP contribution < -0.4 is 14.8 Å². The van der Waals surface area contributed by atoms with Crippen LogP contribution in [0.1, 0.15) is 67.9 Å². The van der Waals surface area contributed by atoms with Gasteiger partial charge in [-0.3, -0.25) is 4.79 Å². The van der Waals surface area contributed by atoms with Crippen LogP contribution in [0, 0.1) is 5.92 Å². The van der Waals surface area contributed by atoms with Gasteiger partial charge in [0.25, 0.3) is 5.91 Å². The second kappa shape index (κ2) is 11.7. The molecule has 1 saturated heterocycles. The molecule has 0 spiro atoms. The lowest BCUT2D eigenvalue weighted by Crippen LogP contribution is -2.33. The van der Waals surface area contributed by atoms with Gasteiger partial charge >= 0.3 is 0 Å². The maximum atomic E-state index is 13.4. The molecule has 3 rings (SSSR count). The largest absolute Gasteiger partial charge is 0.497 e. The second-order valence-corrected chi connectivity index (χ2v) is 11.0. The average molecular weight is 489 g/mol. The van der Waals surface area contributed by atoms with Crippen molar-refractivity contribution in [3.8, 4) is 11.5 Å². The van der Waals surface area contributed by atoms with Gasteiger partial charge in [-0.1, -0.05) is 38.8 Å². The van der Waals surface area contributed by atoms with E-state index in [2.05, 4.69) is 19.2 Å². The number of carbonyl (C=O) groups excluding carboxylic acids is 1. The number of sulfonamides is 1. The number of methoxy groups -OCH3 is 2. The first-order chi connectivity index (χ1) is 16.3. The SMILES string of the molecule is COc1ccc(C(CC(C)C)NC(=O)c2cc(S(=O)(=O)N3CCCCCC3)ccc2OC)cc1. The van der Waals surface area contributed by atoms with Crippen LogP contribution in [-0.2, 0) is 10.0 Å². The molecule has 1 unspecified atom stereocenters. The first-order valence-corrected chi connectivity index (χ1v) is 13.3. The van der Waals surface area contributed by atoms with E-state index in [1.165, 1.54) is 23.5 Å². The van der Waals surface area contributed by atoms with Crippen molar-refractivity contribution in [1.29, 1.82) is 0 Å². The van der Waals surface area contributed by atoms with Gasteiger partial charge in [0, 0.05) is 13.1 Å². The van der Waals surface area contributed by atoms with E-state index in [-0.39, 0.29) is 22.4 Å². The molecule has 0 saturated carbocycles. The average Bonchev–Trinajstić information content (AvgIpc) is 3.13. The van der Waals surface area contributed by atoms with E-state index in [0.717, 1.165) is 43.4 Å². The number of hydrogen-bond acceptors (Lipinski definition) is 5. The summed E-state index contributed by atoms with van der Waals surface area (Å²) in [7, 11) is -0.601. The lowest BCUT2D eigenvalue weighted by Gasteiger charge is -2.23. The van der Waals surface area contributed by atoms with Crippen LogP contribution in [0.5, 0.6) is 11.5 Å². The van der Waals surface area contributed by atoms with E-state index in [1.54, 1.807) is 13.2 Å². The van der Waals surface area contributed by atoms with Crippen LogP contribution in [0.2, 0.25) is 0 Å². The zero-order chi connectivity index (χ0) is 24.7. The number of benzene rings is 2. The molecule has 1 heterocycles. The lowest BCUT2D eigenvalue weighted by atomic mass is 9.96. The van der Waals surface area contributed by atoms with Crippen LogP contribution in [0.4, 0.5) is 0 Å². The number of nitrogens with zero attached hydrogens (tertiary/aromatic N) is 1. The smallest absolute Gasteiger partial charge is 0.255 e. The van der Waals surface area contributed by atoms with Gasteiger partial charge in [0.05, 0.1) is 30.7 Å². The van der Waals surface area contributed by atoms with E-state index in [1.807, 2.05) is 24.3 Å². The van der Waals surface area contributed by atoms with E-state index in [9.17, 15) is 13.2 Å². The highest BCUT2D eigenvalue weighted by Gasteiger charge is 2.28. The topological polar surface area (TPSA) is 84.9 Å². The molecular formula is C26H36N2O5S. The Morgan fingerprint density at radius 2 is 1.62 bits per heavy atom. The highest BCUT2D eigenvalue weighted by Crippen LogP contribution is 2.28. The number of hydrogen-bond donors (Lipinski definition) is 1. The minimum absolute atomic E-state index is 0.116. The van der Waals surface area contributed by atoms with E-state index in [4.69, 9.17) is 9.47 Å². The first-order valence-electron chi connectivity index (χ1n) is 11.9. The number of nitrogens with one attached hydrogen (secondary N) is 1. The standard InChI is InChI=1S/C26H36N2O5S/c1-19(2)17-24(20-9-11-21(32-3)12-10-20)27-26(29)23-18-22(13-14-25(23)33-4)34(30,31)28-15-7-5-6-8-16-28/h9-14,18-19,24H,5-8,15-17H2,1-4H3,(H,27,29). The van der Waals surface area contributed by atoms with Gasteiger partial charge in [-0.2, -0.15) is 4.31 Å². The molecule has 0 aromatic heterocycles. The summed E-state index contributed by atoms with van der Waals surface area (Å²) < 4.78 is 38.8. The van der Waals surface area contributed by atoms with Crippen molar-refractivity contribution in [3.63, 3.8) is 0 Å². The van der Waals surface area contributed by atoms with E-state index < -0.39 is 10.0 Å². The Balaban J connectivity index is 1.90. The molecule has 1 aliphatic rings. The van der Waals surface area contributed by atoms with Crippen molar-refractivity contribution in [2.75, 3.05) is 27.3 Å². The summed E-state index contributed by atoms with van der Waals surface area (Å²) in [6, 6.07) is 11.9. The summed E-state index contributed by atoms with van der Waals surface area (Å²) in [6.07, 6.45) is 4.49. The number of rotatable bonds is 9. The molecule has 1 fully saturated rings. The van der Waals surface area contributed by atoms with Crippen molar-refractivity contribution in [1.82, 2.24) is 9.62 Å². The number of carbonyl (C=O) groups is 1. The first kappa shape index (κ1) is 26.0. The molecular weight excluding hydrogens is 452 g/mol. The van der Waals surface area contributed by atoms with Crippen LogP contribution in [-0.4, -0.2) is 45.9 Å². The Kier molecular flexibility index (Phi) is 8.97. The monoisotopic (exact) mass is 488 g/mol. The lowest BCUT2D eigenvalue weighted by molar-refractivity contribution is 0.0928. The van der Waals surface area contributed by atoms with Crippen LogP contribution >= 0.6 is 0 Å². The molecule has 186 valence electrons. The van der Waals surface area contributed by atoms with Crippen molar-refractivity contribution in [2.45, 2.75) is 56.9 Å². The highest BCUT2D eigenvalue weighted by molar-refractivity contribution is 7.89. The summed E-state index contributed by atoms with van der Waals surface area (Å²) >= 11 is 0. The van der Waals surface area contributed by atoms with Gasteiger partial charge in [0.1, 0.15) is 11.5 Å². The molecule has 0 bridgehead atoms. The fourth-order valence-electron chi connectivity index (χ4n) is 4.28. The van der Waals surface area contributed by atoms with Crippen molar-refractivity contribution >= 4 is 15.9 Å². The Labute approximate surface area is 203 Å². The maximum Gasteiger partial charge on any atom is 0.255 e. The van der Waals surface area contributed by atoms with Crippen LogP contribution in [0.25, 0.3) is 0 Å². The fourth-order valence-corrected chi connectivity index (χ4v) is 5.82. The number of ether oxygens (including phenoxy) is 2. The summed E-state index contributed by atoms with van der Waals surface area (Å²) in [6.45, 7) is 5.20. The third-order valence-electron chi connectivity index (χ3n) is 6.15. The molecule has 0 radical (unpaired) electrons. The summed E-state index contributed by atoms with van der Waals surface area (Å²) in [5.74, 6) is 1.05. The maximum absolute atomic E-state index is 13.4.